The average Bonchev–Trinajstić information content (AvgIpc) is 2.57. The average molecular weight is 319 g/mol. The Kier molecular flexibility index (Phi) is 6.42. The third-order valence-corrected chi connectivity index (χ3v) is 4.63. The van der Waals surface area contributed by atoms with Crippen LogP contribution in [0, 0.1) is 0 Å². The number of aliphatic hydroxyl groups is 1. The summed E-state index contributed by atoms with van der Waals surface area (Å²) in [6, 6.07) is 8.21. The number of hydrogen-bond donors (Lipinski definition) is 2. The summed E-state index contributed by atoms with van der Waals surface area (Å²) >= 11 is 0. The molecule has 1 heterocycles. The van der Waals surface area contributed by atoms with Crippen molar-refractivity contribution in [3.05, 3.63) is 29.8 Å². The minimum atomic E-state index is -0.0426. The zero-order valence-electron chi connectivity index (χ0n) is 14.5. The lowest BCUT2D eigenvalue weighted by atomic mass is 10.0. The van der Waals surface area contributed by atoms with Crippen molar-refractivity contribution in [2.45, 2.75) is 39.2 Å². The highest BCUT2D eigenvalue weighted by Crippen LogP contribution is 2.18. The SMILES string of the molecule is CCC(CO)N1CCN(C(=O)Nc2ccc(C(C)C)cc2)CC1. The van der Waals surface area contributed by atoms with Crippen LogP contribution in [-0.4, -0.2) is 59.8 Å². The standard InChI is InChI=1S/C18H29N3O2/c1-4-17(13-22)20-9-11-21(12-10-20)18(23)19-16-7-5-15(6-8-16)14(2)3/h5-8,14,17,22H,4,9-13H2,1-3H3,(H,19,23). The summed E-state index contributed by atoms with van der Waals surface area (Å²) in [5.41, 5.74) is 2.11. The van der Waals surface area contributed by atoms with E-state index < -0.39 is 0 Å². The lowest BCUT2D eigenvalue weighted by molar-refractivity contribution is 0.0766. The maximum absolute atomic E-state index is 12.3. The first kappa shape index (κ1) is 17.8. The van der Waals surface area contributed by atoms with Gasteiger partial charge in [-0.2, -0.15) is 0 Å². The van der Waals surface area contributed by atoms with Gasteiger partial charge < -0.3 is 15.3 Å². The minimum Gasteiger partial charge on any atom is -0.395 e. The molecule has 0 saturated carbocycles. The van der Waals surface area contributed by atoms with E-state index in [1.807, 2.05) is 17.0 Å². The highest BCUT2D eigenvalue weighted by atomic mass is 16.3. The summed E-state index contributed by atoms with van der Waals surface area (Å²) in [4.78, 5) is 16.5. The molecule has 2 amide bonds. The Bertz CT molecular complexity index is 489. The van der Waals surface area contributed by atoms with Crippen LogP contribution >= 0.6 is 0 Å². The van der Waals surface area contributed by atoms with Gasteiger partial charge in [0.25, 0.3) is 0 Å². The number of aliphatic hydroxyl groups excluding tert-OH is 1. The second kappa shape index (κ2) is 8.31. The fourth-order valence-electron chi connectivity index (χ4n) is 2.95. The highest BCUT2D eigenvalue weighted by molar-refractivity contribution is 5.89. The number of carbonyl (C=O) groups is 1. The summed E-state index contributed by atoms with van der Waals surface area (Å²) < 4.78 is 0. The van der Waals surface area contributed by atoms with Crippen molar-refractivity contribution in [3.8, 4) is 0 Å². The Morgan fingerprint density at radius 1 is 1.17 bits per heavy atom. The number of urea groups is 1. The molecule has 0 aliphatic carbocycles. The smallest absolute Gasteiger partial charge is 0.321 e. The molecular weight excluding hydrogens is 290 g/mol. The van der Waals surface area contributed by atoms with Crippen molar-refractivity contribution >= 4 is 11.7 Å². The van der Waals surface area contributed by atoms with E-state index in [1.54, 1.807) is 0 Å². The topological polar surface area (TPSA) is 55.8 Å². The molecule has 0 bridgehead atoms. The van der Waals surface area contributed by atoms with Gasteiger partial charge in [0.2, 0.25) is 0 Å². The van der Waals surface area contributed by atoms with Crippen molar-refractivity contribution in [2.75, 3.05) is 38.1 Å². The van der Waals surface area contributed by atoms with Gasteiger partial charge in [-0.25, -0.2) is 4.79 Å². The first-order valence-corrected chi connectivity index (χ1v) is 8.56. The summed E-state index contributed by atoms with van der Waals surface area (Å²) in [7, 11) is 0. The number of benzene rings is 1. The highest BCUT2D eigenvalue weighted by Gasteiger charge is 2.24. The van der Waals surface area contributed by atoms with Crippen molar-refractivity contribution in [1.82, 2.24) is 9.80 Å². The zero-order valence-corrected chi connectivity index (χ0v) is 14.5. The van der Waals surface area contributed by atoms with Crippen LogP contribution in [0.3, 0.4) is 0 Å². The van der Waals surface area contributed by atoms with Crippen LogP contribution in [0.1, 0.15) is 38.7 Å². The number of anilines is 1. The van der Waals surface area contributed by atoms with Crippen LogP contribution in [0.15, 0.2) is 24.3 Å². The number of nitrogens with zero attached hydrogens (tertiary/aromatic N) is 2. The van der Waals surface area contributed by atoms with Gasteiger partial charge in [0.05, 0.1) is 6.61 Å². The largest absolute Gasteiger partial charge is 0.395 e. The molecule has 5 nitrogen and oxygen atoms in total. The predicted molar refractivity (Wildman–Crippen MR) is 93.9 cm³/mol. The number of piperazine rings is 1. The maximum atomic E-state index is 12.3. The van der Waals surface area contributed by atoms with Crippen LogP contribution < -0.4 is 5.32 Å². The molecule has 1 unspecified atom stereocenters. The maximum Gasteiger partial charge on any atom is 0.321 e. The van der Waals surface area contributed by atoms with Crippen molar-refractivity contribution in [3.63, 3.8) is 0 Å². The van der Waals surface area contributed by atoms with Gasteiger partial charge in [-0.3, -0.25) is 4.90 Å². The number of carbonyl (C=O) groups excluding carboxylic acids is 1. The molecule has 0 radical (unpaired) electrons. The summed E-state index contributed by atoms with van der Waals surface area (Å²) in [6.07, 6.45) is 0.935. The molecule has 0 spiro atoms. The Hall–Kier alpha value is -1.59. The predicted octanol–water partition coefficient (Wildman–Crippen LogP) is 2.73. The summed E-state index contributed by atoms with van der Waals surface area (Å²) in [5.74, 6) is 0.492. The first-order chi connectivity index (χ1) is 11.0. The molecule has 128 valence electrons. The van der Waals surface area contributed by atoms with Crippen LogP contribution in [0.25, 0.3) is 0 Å². The molecule has 1 aliphatic rings. The van der Waals surface area contributed by atoms with Crippen LogP contribution in [-0.2, 0) is 0 Å². The molecule has 1 aromatic rings. The third kappa shape index (κ3) is 4.69. The van der Waals surface area contributed by atoms with Gasteiger partial charge in [-0.1, -0.05) is 32.9 Å². The number of amides is 2. The number of rotatable bonds is 5. The lowest BCUT2D eigenvalue weighted by Gasteiger charge is -2.38. The molecule has 1 aromatic carbocycles. The van der Waals surface area contributed by atoms with Gasteiger partial charge in [-0.05, 0) is 30.0 Å². The molecule has 1 saturated heterocycles. The van der Waals surface area contributed by atoms with Crippen molar-refractivity contribution in [2.24, 2.45) is 0 Å². The lowest BCUT2D eigenvalue weighted by Crippen LogP contribution is -2.53. The van der Waals surface area contributed by atoms with E-state index in [9.17, 15) is 9.90 Å². The van der Waals surface area contributed by atoms with Crippen molar-refractivity contribution in [1.29, 1.82) is 0 Å². The minimum absolute atomic E-state index is 0.0426. The normalized spacial score (nSPS) is 17.3. The molecule has 2 N–H and O–H groups in total. The molecule has 1 aliphatic heterocycles. The van der Waals surface area contributed by atoms with Gasteiger partial charge in [-0.15, -0.1) is 0 Å². The Labute approximate surface area is 139 Å². The van der Waals surface area contributed by atoms with E-state index in [0.29, 0.717) is 19.0 Å². The monoisotopic (exact) mass is 319 g/mol. The van der Waals surface area contributed by atoms with E-state index in [-0.39, 0.29) is 18.7 Å². The quantitative estimate of drug-likeness (QED) is 0.877. The fourth-order valence-corrected chi connectivity index (χ4v) is 2.95. The Morgan fingerprint density at radius 2 is 1.78 bits per heavy atom. The molecule has 0 aromatic heterocycles. The Morgan fingerprint density at radius 3 is 2.26 bits per heavy atom. The van der Waals surface area contributed by atoms with Crippen LogP contribution in [0.4, 0.5) is 10.5 Å². The molecule has 23 heavy (non-hydrogen) atoms. The Balaban J connectivity index is 1.85. The second-order valence-corrected chi connectivity index (χ2v) is 6.47. The summed E-state index contributed by atoms with van der Waals surface area (Å²) in [6.45, 7) is 9.62. The van der Waals surface area contributed by atoms with Gasteiger partial charge in [0, 0.05) is 37.9 Å². The molecule has 1 fully saturated rings. The molecule has 2 rings (SSSR count). The van der Waals surface area contributed by atoms with Gasteiger partial charge in [0.15, 0.2) is 0 Å². The number of hydrogen-bond acceptors (Lipinski definition) is 3. The van der Waals surface area contributed by atoms with E-state index in [4.69, 9.17) is 0 Å². The molecule has 1 atom stereocenters. The van der Waals surface area contributed by atoms with Crippen LogP contribution in [0.2, 0.25) is 0 Å². The van der Waals surface area contributed by atoms with E-state index >= 15 is 0 Å². The molecular formula is C18H29N3O2. The molecule has 5 heteroatoms. The second-order valence-electron chi connectivity index (χ2n) is 6.47. The van der Waals surface area contributed by atoms with E-state index in [0.717, 1.165) is 25.2 Å². The van der Waals surface area contributed by atoms with E-state index in [1.165, 1.54) is 5.56 Å². The van der Waals surface area contributed by atoms with Gasteiger partial charge in [0.1, 0.15) is 0 Å². The first-order valence-electron chi connectivity index (χ1n) is 8.56. The van der Waals surface area contributed by atoms with Gasteiger partial charge >= 0.3 is 6.03 Å². The van der Waals surface area contributed by atoms with Crippen molar-refractivity contribution < 1.29 is 9.90 Å². The summed E-state index contributed by atoms with van der Waals surface area (Å²) in [5, 5.41) is 12.3. The zero-order chi connectivity index (χ0) is 16.8. The van der Waals surface area contributed by atoms with Crippen LogP contribution in [0.5, 0.6) is 0 Å². The fraction of sp³-hybridized carbons (Fsp3) is 0.611. The third-order valence-electron chi connectivity index (χ3n) is 4.63. The van der Waals surface area contributed by atoms with E-state index in [2.05, 4.69) is 43.1 Å². The number of nitrogens with one attached hydrogen (secondary N) is 1.